The Morgan fingerprint density at radius 3 is 2.51 bits per heavy atom. The van der Waals surface area contributed by atoms with Crippen molar-refractivity contribution in [1.29, 1.82) is 0 Å². The SMILES string of the molecule is O=C1CCC(N2C(=O)c3ccc(N4CC(OCCNC(=O)OCc5ccccc5)C4)cc3C2=O)C(=O)N1. The molecule has 1 unspecified atom stereocenters. The number of carbonyl (C=O) groups is 5. The first-order chi connectivity index (χ1) is 17.9. The zero-order valence-electron chi connectivity index (χ0n) is 20.0. The minimum Gasteiger partial charge on any atom is -0.445 e. The number of imide groups is 2. The van der Waals surface area contributed by atoms with Gasteiger partial charge in [-0.05, 0) is 30.2 Å². The molecule has 0 aliphatic carbocycles. The smallest absolute Gasteiger partial charge is 0.407 e. The highest BCUT2D eigenvalue weighted by Crippen LogP contribution is 2.32. The normalized spacial score (nSPS) is 19.4. The van der Waals surface area contributed by atoms with Crippen molar-refractivity contribution < 1.29 is 33.4 Å². The van der Waals surface area contributed by atoms with Gasteiger partial charge in [0.2, 0.25) is 11.8 Å². The Morgan fingerprint density at radius 2 is 1.76 bits per heavy atom. The van der Waals surface area contributed by atoms with Crippen LogP contribution in [-0.2, 0) is 25.7 Å². The van der Waals surface area contributed by atoms with Gasteiger partial charge in [0.1, 0.15) is 12.6 Å². The average Bonchev–Trinajstić information content (AvgIpc) is 3.11. The van der Waals surface area contributed by atoms with Crippen LogP contribution in [0.4, 0.5) is 10.5 Å². The van der Waals surface area contributed by atoms with Crippen molar-refractivity contribution in [2.24, 2.45) is 0 Å². The number of fused-ring (bicyclic) bond motifs is 1. The summed E-state index contributed by atoms with van der Waals surface area (Å²) in [7, 11) is 0. The molecule has 2 aromatic rings. The number of hydrogen-bond donors (Lipinski definition) is 2. The number of hydrogen-bond acceptors (Lipinski definition) is 8. The molecular formula is C26H26N4O7. The van der Waals surface area contributed by atoms with Crippen LogP contribution in [0.5, 0.6) is 0 Å². The van der Waals surface area contributed by atoms with E-state index in [1.165, 1.54) is 0 Å². The number of nitrogens with one attached hydrogen (secondary N) is 2. The second kappa shape index (κ2) is 10.4. The third-order valence-corrected chi connectivity index (χ3v) is 6.57. The number of ether oxygens (including phenoxy) is 2. The highest BCUT2D eigenvalue weighted by atomic mass is 16.5. The molecule has 0 aromatic heterocycles. The van der Waals surface area contributed by atoms with E-state index < -0.39 is 35.8 Å². The van der Waals surface area contributed by atoms with E-state index in [9.17, 15) is 24.0 Å². The lowest BCUT2D eigenvalue weighted by Gasteiger charge is -2.40. The molecule has 11 nitrogen and oxygen atoms in total. The standard InChI is InChI=1S/C26H26N4O7/c31-22-9-8-21(23(32)28-22)30-24(33)19-7-6-17(12-20(19)25(30)34)29-13-18(14-29)36-11-10-27-26(35)37-15-16-4-2-1-3-5-16/h1-7,12,18,21H,8-11,13-15H2,(H,27,35)(H,28,31,32). The molecule has 2 fully saturated rings. The first-order valence-electron chi connectivity index (χ1n) is 12.1. The molecule has 2 saturated heterocycles. The molecule has 1 atom stereocenters. The minimum absolute atomic E-state index is 0.0345. The van der Waals surface area contributed by atoms with E-state index in [1.54, 1.807) is 18.2 Å². The maximum absolute atomic E-state index is 13.0. The van der Waals surface area contributed by atoms with Gasteiger partial charge in [-0.15, -0.1) is 0 Å². The Balaban J connectivity index is 1.07. The number of nitrogens with zero attached hydrogens (tertiary/aromatic N) is 2. The third-order valence-electron chi connectivity index (χ3n) is 6.57. The van der Waals surface area contributed by atoms with E-state index in [1.807, 2.05) is 35.2 Å². The molecule has 0 radical (unpaired) electrons. The van der Waals surface area contributed by atoms with E-state index in [-0.39, 0.29) is 36.7 Å². The predicted molar refractivity (Wildman–Crippen MR) is 130 cm³/mol. The van der Waals surface area contributed by atoms with Gasteiger partial charge in [-0.2, -0.15) is 0 Å². The molecule has 0 bridgehead atoms. The Hall–Kier alpha value is -4.25. The van der Waals surface area contributed by atoms with Crippen LogP contribution in [0, 0.1) is 0 Å². The molecule has 3 aliphatic heterocycles. The van der Waals surface area contributed by atoms with Gasteiger partial charge in [-0.3, -0.25) is 29.4 Å². The highest BCUT2D eigenvalue weighted by molar-refractivity contribution is 6.23. The number of rotatable bonds is 8. The monoisotopic (exact) mass is 506 g/mol. The number of carbonyl (C=O) groups excluding carboxylic acids is 5. The number of benzene rings is 2. The fourth-order valence-electron chi connectivity index (χ4n) is 4.56. The van der Waals surface area contributed by atoms with E-state index in [2.05, 4.69) is 10.6 Å². The van der Waals surface area contributed by atoms with Gasteiger partial charge in [0.25, 0.3) is 11.8 Å². The topological polar surface area (TPSA) is 134 Å². The molecule has 0 spiro atoms. The van der Waals surface area contributed by atoms with Gasteiger partial charge < -0.3 is 19.7 Å². The summed E-state index contributed by atoms with van der Waals surface area (Å²) < 4.78 is 10.9. The summed E-state index contributed by atoms with van der Waals surface area (Å²) in [6.45, 7) is 2.03. The van der Waals surface area contributed by atoms with Gasteiger partial charge in [-0.1, -0.05) is 30.3 Å². The summed E-state index contributed by atoms with van der Waals surface area (Å²) >= 11 is 0. The molecule has 192 valence electrons. The number of anilines is 1. The van der Waals surface area contributed by atoms with E-state index in [0.717, 1.165) is 16.2 Å². The summed E-state index contributed by atoms with van der Waals surface area (Å²) in [4.78, 5) is 64.2. The van der Waals surface area contributed by atoms with Crippen LogP contribution in [0.1, 0.15) is 39.1 Å². The number of piperidine rings is 1. The fraction of sp³-hybridized carbons (Fsp3) is 0.346. The van der Waals surface area contributed by atoms with Crippen molar-refractivity contribution in [3.8, 4) is 0 Å². The van der Waals surface area contributed by atoms with Crippen LogP contribution in [0.25, 0.3) is 0 Å². The summed E-state index contributed by atoms with van der Waals surface area (Å²) in [5.41, 5.74) is 2.17. The van der Waals surface area contributed by atoms with E-state index in [0.29, 0.717) is 26.2 Å². The molecule has 5 rings (SSSR count). The highest BCUT2D eigenvalue weighted by Gasteiger charge is 2.45. The van der Waals surface area contributed by atoms with Crippen molar-refractivity contribution in [2.75, 3.05) is 31.1 Å². The summed E-state index contributed by atoms with van der Waals surface area (Å²) in [6.07, 6.45) is -0.346. The Kier molecular flexibility index (Phi) is 6.87. The Bertz CT molecular complexity index is 1240. The van der Waals surface area contributed by atoms with Crippen LogP contribution < -0.4 is 15.5 Å². The Morgan fingerprint density at radius 1 is 1.00 bits per heavy atom. The molecule has 5 amide bonds. The molecule has 2 N–H and O–H groups in total. The largest absolute Gasteiger partial charge is 0.445 e. The fourth-order valence-corrected chi connectivity index (χ4v) is 4.56. The number of alkyl carbamates (subject to hydrolysis) is 1. The second-order valence-electron chi connectivity index (χ2n) is 9.06. The number of amides is 5. The van der Waals surface area contributed by atoms with Crippen molar-refractivity contribution in [3.05, 3.63) is 65.2 Å². The van der Waals surface area contributed by atoms with Gasteiger partial charge in [0.05, 0.1) is 23.8 Å². The molecule has 37 heavy (non-hydrogen) atoms. The predicted octanol–water partition coefficient (Wildman–Crippen LogP) is 1.22. The Labute approximate surface area is 212 Å². The molecule has 11 heteroatoms. The van der Waals surface area contributed by atoms with Crippen LogP contribution in [-0.4, -0.2) is 73.0 Å². The summed E-state index contributed by atoms with van der Waals surface area (Å²) in [5.74, 6) is -2.10. The van der Waals surface area contributed by atoms with E-state index >= 15 is 0 Å². The van der Waals surface area contributed by atoms with Crippen LogP contribution in [0.3, 0.4) is 0 Å². The van der Waals surface area contributed by atoms with Crippen LogP contribution in [0.15, 0.2) is 48.5 Å². The zero-order valence-corrected chi connectivity index (χ0v) is 20.0. The molecule has 0 saturated carbocycles. The van der Waals surface area contributed by atoms with Crippen molar-refractivity contribution in [3.63, 3.8) is 0 Å². The van der Waals surface area contributed by atoms with Crippen LogP contribution in [0.2, 0.25) is 0 Å². The molecule has 3 heterocycles. The maximum Gasteiger partial charge on any atom is 0.407 e. The van der Waals surface area contributed by atoms with Gasteiger partial charge in [-0.25, -0.2) is 4.79 Å². The first kappa shape index (κ1) is 24.4. The lowest BCUT2D eigenvalue weighted by atomic mass is 10.0. The van der Waals surface area contributed by atoms with Crippen molar-refractivity contribution in [2.45, 2.75) is 31.6 Å². The summed E-state index contributed by atoms with van der Waals surface area (Å²) in [6, 6.07) is 13.4. The second-order valence-corrected chi connectivity index (χ2v) is 9.06. The first-order valence-corrected chi connectivity index (χ1v) is 12.1. The quantitative estimate of drug-likeness (QED) is 0.403. The minimum atomic E-state index is -0.987. The van der Waals surface area contributed by atoms with Crippen molar-refractivity contribution in [1.82, 2.24) is 15.5 Å². The average molecular weight is 507 g/mol. The summed E-state index contributed by atoms with van der Waals surface area (Å²) in [5, 5.41) is 4.84. The van der Waals surface area contributed by atoms with E-state index in [4.69, 9.17) is 9.47 Å². The van der Waals surface area contributed by atoms with Gasteiger partial charge >= 0.3 is 6.09 Å². The van der Waals surface area contributed by atoms with Crippen LogP contribution >= 0.6 is 0 Å². The molecule has 3 aliphatic rings. The maximum atomic E-state index is 13.0. The van der Waals surface area contributed by atoms with Gasteiger partial charge in [0, 0.05) is 31.7 Å². The molecule has 2 aromatic carbocycles. The van der Waals surface area contributed by atoms with Gasteiger partial charge in [0.15, 0.2) is 0 Å². The lowest BCUT2D eigenvalue weighted by Crippen LogP contribution is -2.54. The lowest BCUT2D eigenvalue weighted by molar-refractivity contribution is -0.136. The zero-order chi connectivity index (χ0) is 25.9. The molecular weight excluding hydrogens is 480 g/mol. The van der Waals surface area contributed by atoms with Crippen molar-refractivity contribution >= 4 is 35.4 Å². The third kappa shape index (κ3) is 5.17.